The first kappa shape index (κ1) is 34.8. The molecule has 1 aromatic rings. The van der Waals surface area contributed by atoms with E-state index in [1.807, 2.05) is 35.2 Å². The average Bonchev–Trinajstić information content (AvgIpc) is 3.25. The van der Waals surface area contributed by atoms with Gasteiger partial charge in [-0.15, -0.1) is 11.6 Å². The summed E-state index contributed by atoms with van der Waals surface area (Å²) in [5.74, 6) is -0.519. The minimum absolute atomic E-state index is 0.0314. The fraction of sp³-hybridized carbons (Fsp3) is 0.757. The van der Waals surface area contributed by atoms with Crippen molar-refractivity contribution < 1.29 is 23.1 Å². The lowest BCUT2D eigenvalue weighted by atomic mass is 9.59. The molecule has 1 heterocycles. The Bertz CT molecular complexity index is 1160. The SMILES string of the molecule is CC(=O)N1CCC(C(O)(c2ccccc2)C2CCC(N)(C(C)C(Cl)C(CC3CCCC(C(F)(F)F)CC3)C3=CCC3)CC2)CC1. The number of alkyl halides is 4. The smallest absolute Gasteiger partial charge is 0.385 e. The number of aliphatic hydroxyl groups is 1. The number of carbonyl (C=O) groups excluding carboxylic acids is 1. The van der Waals surface area contributed by atoms with E-state index in [9.17, 15) is 23.1 Å². The molecule has 252 valence electrons. The molecule has 5 rings (SSSR count). The fourth-order valence-electron chi connectivity index (χ4n) is 9.29. The number of carbonyl (C=O) groups is 1. The van der Waals surface area contributed by atoms with Crippen molar-refractivity contribution in [3.8, 4) is 0 Å². The average molecular weight is 651 g/mol. The van der Waals surface area contributed by atoms with Gasteiger partial charge in [-0.05, 0) is 112 Å². The molecule has 0 aromatic heterocycles. The van der Waals surface area contributed by atoms with E-state index in [-0.39, 0.29) is 53.7 Å². The molecule has 45 heavy (non-hydrogen) atoms. The van der Waals surface area contributed by atoms with Gasteiger partial charge in [-0.1, -0.05) is 61.7 Å². The molecule has 3 aliphatic carbocycles. The number of benzene rings is 1. The molecule has 6 unspecified atom stereocenters. The Balaban J connectivity index is 1.26. The summed E-state index contributed by atoms with van der Waals surface area (Å²) in [6, 6.07) is 10.1. The molecule has 1 amide bonds. The van der Waals surface area contributed by atoms with Crippen molar-refractivity contribution in [2.45, 2.75) is 126 Å². The van der Waals surface area contributed by atoms with E-state index >= 15 is 0 Å². The third-order valence-corrected chi connectivity index (χ3v) is 13.2. The zero-order valence-corrected chi connectivity index (χ0v) is 28.0. The molecule has 1 aromatic carbocycles. The number of nitrogens with zero attached hydrogens (tertiary/aromatic N) is 1. The van der Waals surface area contributed by atoms with E-state index in [0.717, 1.165) is 69.8 Å². The summed E-state index contributed by atoms with van der Waals surface area (Å²) in [4.78, 5) is 13.9. The molecule has 1 saturated heterocycles. The van der Waals surface area contributed by atoms with E-state index in [4.69, 9.17) is 17.3 Å². The van der Waals surface area contributed by atoms with Crippen LogP contribution in [0.2, 0.25) is 0 Å². The van der Waals surface area contributed by atoms with Crippen LogP contribution in [-0.4, -0.2) is 46.1 Å². The van der Waals surface area contributed by atoms with Gasteiger partial charge in [0.25, 0.3) is 0 Å². The van der Waals surface area contributed by atoms with Crippen LogP contribution >= 0.6 is 11.6 Å². The topological polar surface area (TPSA) is 66.6 Å². The maximum atomic E-state index is 13.5. The standard InChI is InChI=1S/C37H54ClF3N2O2/c1-25(34(38)33(28-9-7-10-28)24-27-8-6-13-32(15-14-27)37(39,40)41)35(42)20-16-30(17-21-35)36(45,29-11-4-3-5-12-29)31-18-22-43(23-19-31)26(2)44/h3-5,9,11-12,25,27,30-34,45H,6-8,10,13-24,42H2,1-2H3. The first-order valence-corrected chi connectivity index (χ1v) is 18.0. The van der Waals surface area contributed by atoms with Crippen LogP contribution in [-0.2, 0) is 10.4 Å². The molecule has 8 heteroatoms. The Morgan fingerprint density at radius 3 is 2.18 bits per heavy atom. The molecular formula is C37H54ClF3N2O2. The maximum Gasteiger partial charge on any atom is 0.391 e. The van der Waals surface area contributed by atoms with E-state index in [1.54, 1.807) is 6.92 Å². The molecule has 6 atom stereocenters. The summed E-state index contributed by atoms with van der Waals surface area (Å²) in [5, 5.41) is 12.4. The lowest BCUT2D eigenvalue weighted by Crippen LogP contribution is -2.56. The number of likely N-dealkylation sites (tertiary alicyclic amines) is 1. The number of rotatable bonds is 9. The largest absolute Gasteiger partial charge is 0.391 e. The number of piperidine rings is 1. The Morgan fingerprint density at radius 2 is 1.62 bits per heavy atom. The van der Waals surface area contributed by atoms with E-state index in [1.165, 1.54) is 5.57 Å². The highest BCUT2D eigenvalue weighted by molar-refractivity contribution is 6.21. The number of halogens is 4. The third-order valence-electron chi connectivity index (χ3n) is 12.6. The van der Waals surface area contributed by atoms with Gasteiger partial charge in [0.05, 0.1) is 11.5 Å². The monoisotopic (exact) mass is 650 g/mol. The summed E-state index contributed by atoms with van der Waals surface area (Å²) in [5.41, 5.74) is 8.12. The Morgan fingerprint density at radius 1 is 1.00 bits per heavy atom. The maximum absolute atomic E-state index is 13.5. The second-order valence-electron chi connectivity index (χ2n) is 15.0. The molecule has 1 aliphatic heterocycles. The molecule has 3 N–H and O–H groups in total. The van der Waals surface area contributed by atoms with Crippen molar-refractivity contribution in [2.75, 3.05) is 13.1 Å². The summed E-state index contributed by atoms with van der Waals surface area (Å²) in [6.07, 6.45) is 8.34. The summed E-state index contributed by atoms with van der Waals surface area (Å²) in [6.45, 7) is 5.13. The van der Waals surface area contributed by atoms with Crippen molar-refractivity contribution >= 4 is 17.5 Å². The van der Waals surface area contributed by atoms with Crippen molar-refractivity contribution in [2.24, 2.45) is 41.2 Å². The second-order valence-corrected chi connectivity index (χ2v) is 15.5. The van der Waals surface area contributed by atoms with E-state index in [0.29, 0.717) is 25.9 Å². The highest BCUT2D eigenvalue weighted by Gasteiger charge is 2.51. The van der Waals surface area contributed by atoms with Crippen molar-refractivity contribution in [1.29, 1.82) is 0 Å². The molecule has 3 fully saturated rings. The minimum Gasteiger partial charge on any atom is -0.385 e. The van der Waals surface area contributed by atoms with Gasteiger partial charge in [-0.3, -0.25) is 4.79 Å². The van der Waals surface area contributed by atoms with Gasteiger partial charge in [0, 0.05) is 30.9 Å². The molecule has 4 nitrogen and oxygen atoms in total. The van der Waals surface area contributed by atoms with Gasteiger partial charge < -0.3 is 15.7 Å². The lowest BCUT2D eigenvalue weighted by molar-refractivity contribution is -0.177. The van der Waals surface area contributed by atoms with Crippen molar-refractivity contribution in [1.82, 2.24) is 4.90 Å². The molecule has 4 aliphatic rings. The zero-order valence-electron chi connectivity index (χ0n) is 27.2. The molecule has 2 saturated carbocycles. The Kier molecular flexibility index (Phi) is 11.0. The highest BCUT2D eigenvalue weighted by atomic mass is 35.5. The van der Waals surface area contributed by atoms with Crippen molar-refractivity contribution in [3.05, 3.63) is 47.5 Å². The number of hydrogen-bond donors (Lipinski definition) is 2. The quantitative estimate of drug-likeness (QED) is 0.160. The normalized spacial score (nSPS) is 32.0. The predicted octanol–water partition coefficient (Wildman–Crippen LogP) is 8.75. The van der Waals surface area contributed by atoms with Crippen LogP contribution in [0.15, 0.2) is 42.0 Å². The fourth-order valence-corrected chi connectivity index (χ4v) is 9.81. The lowest BCUT2D eigenvalue weighted by Gasteiger charge is -2.51. The number of hydrogen-bond acceptors (Lipinski definition) is 3. The van der Waals surface area contributed by atoms with Crippen LogP contribution in [0.3, 0.4) is 0 Å². The van der Waals surface area contributed by atoms with Gasteiger partial charge in [0.1, 0.15) is 0 Å². The Labute approximate surface area is 273 Å². The Hall–Kier alpha value is -1.57. The second kappa shape index (κ2) is 14.3. The number of amides is 1. The summed E-state index contributed by atoms with van der Waals surface area (Å²) in [7, 11) is 0. The van der Waals surface area contributed by atoms with Crippen molar-refractivity contribution in [3.63, 3.8) is 0 Å². The molecule has 0 radical (unpaired) electrons. The van der Waals surface area contributed by atoms with Crippen LogP contribution < -0.4 is 5.73 Å². The first-order chi connectivity index (χ1) is 21.3. The molecule has 0 spiro atoms. The van der Waals surface area contributed by atoms with Crippen LogP contribution in [0.25, 0.3) is 0 Å². The summed E-state index contributed by atoms with van der Waals surface area (Å²) >= 11 is 7.39. The van der Waals surface area contributed by atoms with Crippen LogP contribution in [0, 0.1) is 35.5 Å². The van der Waals surface area contributed by atoms with Crippen LogP contribution in [0.1, 0.15) is 109 Å². The molecule has 0 bridgehead atoms. The van der Waals surface area contributed by atoms with Gasteiger partial charge in [-0.25, -0.2) is 0 Å². The van der Waals surface area contributed by atoms with Crippen LogP contribution in [0.5, 0.6) is 0 Å². The highest BCUT2D eigenvalue weighted by Crippen LogP contribution is 2.52. The van der Waals surface area contributed by atoms with Gasteiger partial charge in [-0.2, -0.15) is 13.2 Å². The minimum atomic E-state index is -4.10. The van der Waals surface area contributed by atoms with Gasteiger partial charge in [0.2, 0.25) is 5.91 Å². The number of allylic oxidation sites excluding steroid dienone is 2. The van der Waals surface area contributed by atoms with Gasteiger partial charge in [0.15, 0.2) is 0 Å². The summed E-state index contributed by atoms with van der Waals surface area (Å²) < 4.78 is 40.4. The first-order valence-electron chi connectivity index (χ1n) is 17.5. The zero-order chi connectivity index (χ0) is 32.4. The predicted molar refractivity (Wildman–Crippen MR) is 175 cm³/mol. The molecular weight excluding hydrogens is 597 g/mol. The van der Waals surface area contributed by atoms with E-state index < -0.39 is 23.2 Å². The van der Waals surface area contributed by atoms with Crippen LogP contribution in [0.4, 0.5) is 13.2 Å². The van der Waals surface area contributed by atoms with Gasteiger partial charge >= 0.3 is 6.18 Å². The third kappa shape index (κ3) is 7.62. The number of nitrogens with two attached hydrogens (primary N) is 1. The van der Waals surface area contributed by atoms with E-state index in [2.05, 4.69) is 13.0 Å².